The summed E-state index contributed by atoms with van der Waals surface area (Å²) >= 11 is 0. The highest BCUT2D eigenvalue weighted by Gasteiger charge is 2.34. The van der Waals surface area contributed by atoms with Gasteiger partial charge < -0.3 is 14.8 Å². The van der Waals surface area contributed by atoms with Gasteiger partial charge in [-0.3, -0.25) is 4.90 Å². The van der Waals surface area contributed by atoms with Crippen LogP contribution in [0.5, 0.6) is 5.75 Å². The Morgan fingerprint density at radius 3 is 2.75 bits per heavy atom. The molecule has 1 N–H and O–H groups in total. The molecule has 2 aromatic rings. The number of halogens is 1. The van der Waals surface area contributed by atoms with Gasteiger partial charge in [-0.15, -0.1) is 0 Å². The average Bonchev–Trinajstić information content (AvgIpc) is 3.39. The number of unbranched alkanes of at least 4 members (excludes halogenated alkanes) is 1. The maximum Gasteiger partial charge on any atom is 0.129 e. The molecule has 5 rings (SSSR count). The fourth-order valence-corrected chi connectivity index (χ4v) is 5.30. The molecule has 0 aliphatic carbocycles. The number of likely N-dealkylation sites (tertiary alicyclic amines) is 1. The van der Waals surface area contributed by atoms with Crippen LogP contribution in [-0.4, -0.2) is 55.5 Å². The quantitative estimate of drug-likeness (QED) is 0.454. The van der Waals surface area contributed by atoms with E-state index in [1.807, 2.05) is 6.07 Å². The van der Waals surface area contributed by atoms with E-state index in [2.05, 4.69) is 39.5 Å². The molecule has 6 heteroatoms. The molecule has 3 aliphatic rings. The molecule has 1 aromatic carbocycles. The second kappa shape index (κ2) is 12.9. The molecule has 0 saturated carbocycles. The Bertz CT molecular complexity index is 969. The molecule has 0 amide bonds. The van der Waals surface area contributed by atoms with Crippen LogP contribution in [0, 0.1) is 5.92 Å². The minimum Gasteiger partial charge on any atom is -0.493 e. The van der Waals surface area contributed by atoms with Gasteiger partial charge in [0.1, 0.15) is 17.2 Å². The highest BCUT2D eigenvalue weighted by Crippen LogP contribution is 2.36. The van der Waals surface area contributed by atoms with Crippen molar-refractivity contribution in [3.8, 4) is 5.75 Å². The van der Waals surface area contributed by atoms with Gasteiger partial charge in [-0.2, -0.15) is 0 Å². The maximum atomic E-state index is 14.2. The van der Waals surface area contributed by atoms with Crippen LogP contribution < -0.4 is 10.1 Å². The minimum absolute atomic E-state index is 0.0465. The third-order valence-electron chi connectivity index (χ3n) is 7.67. The summed E-state index contributed by atoms with van der Waals surface area (Å²) < 4.78 is 25.1. The summed E-state index contributed by atoms with van der Waals surface area (Å²) in [6, 6.07) is 10.6. The molecular formula is C30H44FN3O2. The number of methoxy groups -OCH3 is 1. The van der Waals surface area contributed by atoms with E-state index in [1.54, 1.807) is 21.0 Å². The lowest BCUT2D eigenvalue weighted by atomic mass is 9.84. The Balaban J connectivity index is 0.000000174. The smallest absolute Gasteiger partial charge is 0.129 e. The molecule has 198 valence electrons. The summed E-state index contributed by atoms with van der Waals surface area (Å²) in [5.41, 5.74) is 3.93. The van der Waals surface area contributed by atoms with Crippen LogP contribution in [0.15, 0.2) is 30.3 Å². The van der Waals surface area contributed by atoms with Gasteiger partial charge in [0.15, 0.2) is 0 Å². The van der Waals surface area contributed by atoms with Gasteiger partial charge in [0.25, 0.3) is 0 Å². The predicted octanol–water partition coefficient (Wildman–Crippen LogP) is 5.99. The summed E-state index contributed by atoms with van der Waals surface area (Å²) in [4.78, 5) is 7.14. The number of aryl methyl sites for hydroxylation is 2. The Kier molecular flexibility index (Phi) is 9.60. The van der Waals surface area contributed by atoms with Gasteiger partial charge >= 0.3 is 0 Å². The number of ether oxygens (including phenoxy) is 2. The normalized spacial score (nSPS) is 19.4. The van der Waals surface area contributed by atoms with Gasteiger partial charge in [-0.1, -0.05) is 18.2 Å². The lowest BCUT2D eigenvalue weighted by Crippen LogP contribution is -2.36. The molecule has 5 nitrogen and oxygen atoms in total. The van der Waals surface area contributed by atoms with Crippen LogP contribution in [0.1, 0.15) is 68.3 Å². The van der Waals surface area contributed by atoms with Crippen LogP contribution in [0.2, 0.25) is 0 Å². The lowest BCUT2D eigenvalue weighted by molar-refractivity contribution is 0.0688. The first-order valence-corrected chi connectivity index (χ1v) is 13.8. The molecule has 1 unspecified atom stereocenters. The second-order valence-electron chi connectivity index (χ2n) is 10.9. The molecule has 0 radical (unpaired) electrons. The third-order valence-corrected chi connectivity index (χ3v) is 7.67. The largest absolute Gasteiger partial charge is 0.493 e. The van der Waals surface area contributed by atoms with Crippen molar-refractivity contribution in [1.29, 1.82) is 0 Å². The SMILES string of the molecule is CC(C)(F)C1COc2cccc(CN3CCCC3)c2C1.COCCCCc1ccc2c(n1)NCCC2. The van der Waals surface area contributed by atoms with Crippen LogP contribution in [0.4, 0.5) is 10.2 Å². The van der Waals surface area contributed by atoms with Crippen LogP contribution in [-0.2, 0) is 30.5 Å². The number of hydrogen-bond acceptors (Lipinski definition) is 5. The first kappa shape index (κ1) is 26.9. The Hall–Kier alpha value is -2.18. The first-order valence-electron chi connectivity index (χ1n) is 13.8. The average molecular weight is 498 g/mol. The number of alkyl halides is 1. The van der Waals surface area contributed by atoms with Crippen molar-refractivity contribution < 1.29 is 13.9 Å². The van der Waals surface area contributed by atoms with E-state index in [-0.39, 0.29) is 5.92 Å². The van der Waals surface area contributed by atoms with E-state index in [1.165, 1.54) is 61.2 Å². The molecule has 4 heterocycles. The van der Waals surface area contributed by atoms with Gasteiger partial charge in [0.2, 0.25) is 0 Å². The summed E-state index contributed by atoms with van der Waals surface area (Å²) in [7, 11) is 1.75. The molecule has 1 aromatic heterocycles. The lowest BCUT2D eigenvalue weighted by Gasteiger charge is -2.33. The monoisotopic (exact) mass is 497 g/mol. The number of benzene rings is 1. The summed E-state index contributed by atoms with van der Waals surface area (Å²) in [5, 5.41) is 3.37. The predicted molar refractivity (Wildman–Crippen MR) is 145 cm³/mol. The highest BCUT2D eigenvalue weighted by atomic mass is 19.1. The van der Waals surface area contributed by atoms with Crippen LogP contribution in [0.25, 0.3) is 0 Å². The number of nitrogens with zero attached hydrogens (tertiary/aromatic N) is 2. The van der Waals surface area contributed by atoms with E-state index in [0.717, 1.165) is 56.9 Å². The van der Waals surface area contributed by atoms with Crippen molar-refractivity contribution in [2.75, 3.05) is 45.3 Å². The van der Waals surface area contributed by atoms with Crippen molar-refractivity contribution >= 4 is 5.82 Å². The maximum absolute atomic E-state index is 14.2. The number of nitrogens with one attached hydrogen (secondary N) is 1. The molecular weight excluding hydrogens is 453 g/mol. The number of rotatable bonds is 8. The van der Waals surface area contributed by atoms with Crippen LogP contribution in [0.3, 0.4) is 0 Å². The van der Waals surface area contributed by atoms with Crippen molar-refractivity contribution in [3.63, 3.8) is 0 Å². The number of hydrogen-bond donors (Lipinski definition) is 1. The van der Waals surface area contributed by atoms with Crippen molar-refractivity contribution in [2.45, 2.75) is 77.4 Å². The zero-order chi connectivity index (χ0) is 25.4. The Labute approximate surface area is 216 Å². The topological polar surface area (TPSA) is 46.6 Å². The van der Waals surface area contributed by atoms with E-state index >= 15 is 0 Å². The number of anilines is 1. The van der Waals surface area contributed by atoms with Gasteiger partial charge in [0, 0.05) is 38.4 Å². The minimum atomic E-state index is -1.18. The number of fused-ring (bicyclic) bond motifs is 2. The van der Waals surface area contributed by atoms with Gasteiger partial charge in [0.05, 0.1) is 6.61 Å². The fourth-order valence-electron chi connectivity index (χ4n) is 5.30. The molecule has 36 heavy (non-hydrogen) atoms. The standard InChI is InChI=1S/C17H24FNO.C13H20N2O/c1-17(2,18)14-10-15-13(11-19-8-3-4-9-19)6-5-7-16(15)20-12-14;1-16-10-3-2-6-12-8-7-11-5-4-9-14-13(11)15-12/h5-7,14H,3-4,8-12H2,1-2H3;7-8H,2-6,9-10H2,1H3,(H,14,15). The molecule has 3 aliphatic heterocycles. The Morgan fingerprint density at radius 1 is 1.14 bits per heavy atom. The third kappa shape index (κ3) is 7.42. The Morgan fingerprint density at radius 2 is 1.97 bits per heavy atom. The van der Waals surface area contributed by atoms with Crippen LogP contribution >= 0.6 is 0 Å². The molecule has 1 atom stereocenters. The molecule has 0 bridgehead atoms. The summed E-state index contributed by atoms with van der Waals surface area (Å²) in [6.45, 7) is 9.07. The van der Waals surface area contributed by atoms with E-state index in [4.69, 9.17) is 9.47 Å². The molecule has 1 saturated heterocycles. The number of pyridine rings is 1. The summed E-state index contributed by atoms with van der Waals surface area (Å²) in [5.74, 6) is 2.02. The zero-order valence-corrected chi connectivity index (χ0v) is 22.5. The first-order chi connectivity index (χ1) is 17.4. The summed E-state index contributed by atoms with van der Waals surface area (Å²) in [6.07, 6.45) is 9.10. The molecule has 0 spiro atoms. The van der Waals surface area contributed by atoms with Crippen molar-refractivity contribution in [2.24, 2.45) is 5.92 Å². The van der Waals surface area contributed by atoms with E-state index in [0.29, 0.717) is 6.61 Å². The second-order valence-corrected chi connectivity index (χ2v) is 10.9. The van der Waals surface area contributed by atoms with Crippen molar-refractivity contribution in [3.05, 3.63) is 52.7 Å². The van der Waals surface area contributed by atoms with E-state index < -0.39 is 5.67 Å². The highest BCUT2D eigenvalue weighted by molar-refractivity contribution is 5.47. The van der Waals surface area contributed by atoms with E-state index in [9.17, 15) is 4.39 Å². The number of aromatic nitrogens is 1. The fraction of sp³-hybridized carbons (Fsp3) is 0.633. The molecule has 1 fully saturated rings. The van der Waals surface area contributed by atoms with Gasteiger partial charge in [-0.05, 0) is 107 Å². The van der Waals surface area contributed by atoms with Gasteiger partial charge in [-0.25, -0.2) is 9.37 Å². The zero-order valence-electron chi connectivity index (χ0n) is 22.5. The van der Waals surface area contributed by atoms with Crippen molar-refractivity contribution in [1.82, 2.24) is 9.88 Å².